The fraction of sp³-hybridized carbons (Fsp3) is 0.611. The standard InChI is InChI=1S/C18H29NO/c1-2-7-16(14-15-19)12-13-18(20)11-6-10-17-8-4-3-5-9-17/h3-5,8-9,16H,2,6-7,10-15,19H2,1H3. The van der Waals surface area contributed by atoms with E-state index in [0.29, 0.717) is 11.7 Å². The summed E-state index contributed by atoms with van der Waals surface area (Å²) in [6.45, 7) is 2.94. The Hall–Kier alpha value is -1.15. The van der Waals surface area contributed by atoms with Crippen LogP contribution in [0.3, 0.4) is 0 Å². The lowest BCUT2D eigenvalue weighted by molar-refractivity contribution is -0.119. The van der Waals surface area contributed by atoms with Crippen molar-refractivity contribution in [3.63, 3.8) is 0 Å². The number of hydrogen-bond donors (Lipinski definition) is 1. The van der Waals surface area contributed by atoms with Crippen molar-refractivity contribution in [2.45, 2.75) is 58.3 Å². The molecule has 1 atom stereocenters. The monoisotopic (exact) mass is 275 g/mol. The largest absolute Gasteiger partial charge is 0.330 e. The number of carbonyl (C=O) groups excluding carboxylic acids is 1. The van der Waals surface area contributed by atoms with Crippen molar-refractivity contribution in [2.24, 2.45) is 11.7 Å². The van der Waals surface area contributed by atoms with Crippen molar-refractivity contribution in [1.82, 2.24) is 0 Å². The number of aryl methyl sites for hydroxylation is 1. The lowest BCUT2D eigenvalue weighted by Gasteiger charge is -2.14. The van der Waals surface area contributed by atoms with Gasteiger partial charge in [-0.05, 0) is 43.7 Å². The Morgan fingerprint density at radius 2 is 1.85 bits per heavy atom. The second-order valence-corrected chi connectivity index (χ2v) is 5.65. The zero-order valence-electron chi connectivity index (χ0n) is 12.8. The van der Waals surface area contributed by atoms with Crippen molar-refractivity contribution < 1.29 is 4.79 Å². The minimum Gasteiger partial charge on any atom is -0.330 e. The van der Waals surface area contributed by atoms with E-state index in [2.05, 4.69) is 31.2 Å². The summed E-state index contributed by atoms with van der Waals surface area (Å²) in [5, 5.41) is 0. The third-order valence-corrected chi connectivity index (χ3v) is 3.87. The Morgan fingerprint density at radius 1 is 1.10 bits per heavy atom. The number of Topliss-reactive ketones (excluding diaryl/α,β-unsaturated/α-hetero) is 1. The lowest BCUT2D eigenvalue weighted by atomic mass is 9.92. The van der Waals surface area contributed by atoms with Crippen LogP contribution in [0.5, 0.6) is 0 Å². The fourth-order valence-electron chi connectivity index (χ4n) is 2.70. The predicted octanol–water partition coefficient (Wildman–Crippen LogP) is 4.12. The normalized spacial score (nSPS) is 12.3. The van der Waals surface area contributed by atoms with Gasteiger partial charge in [-0.1, -0.05) is 50.1 Å². The number of hydrogen-bond acceptors (Lipinski definition) is 2. The van der Waals surface area contributed by atoms with Crippen molar-refractivity contribution in [3.8, 4) is 0 Å². The molecule has 1 aromatic rings. The third-order valence-electron chi connectivity index (χ3n) is 3.87. The highest BCUT2D eigenvalue weighted by Gasteiger charge is 2.10. The Balaban J connectivity index is 2.16. The maximum absolute atomic E-state index is 11.9. The summed E-state index contributed by atoms with van der Waals surface area (Å²) in [7, 11) is 0. The van der Waals surface area contributed by atoms with E-state index >= 15 is 0 Å². The molecule has 0 saturated carbocycles. The Kier molecular flexibility index (Phi) is 8.97. The second kappa shape index (κ2) is 10.6. The lowest BCUT2D eigenvalue weighted by Crippen LogP contribution is -2.11. The molecule has 1 rings (SSSR count). The summed E-state index contributed by atoms with van der Waals surface area (Å²) in [6, 6.07) is 10.4. The molecule has 2 heteroatoms. The molecule has 0 spiro atoms. The van der Waals surface area contributed by atoms with Crippen molar-refractivity contribution in [2.75, 3.05) is 6.54 Å². The minimum atomic E-state index is 0.416. The summed E-state index contributed by atoms with van der Waals surface area (Å²) in [5.74, 6) is 1.06. The highest BCUT2D eigenvalue weighted by atomic mass is 16.1. The quantitative estimate of drug-likeness (QED) is 0.660. The van der Waals surface area contributed by atoms with Gasteiger partial charge in [0.05, 0.1) is 0 Å². The van der Waals surface area contributed by atoms with E-state index in [1.165, 1.54) is 18.4 Å². The van der Waals surface area contributed by atoms with E-state index in [9.17, 15) is 4.79 Å². The van der Waals surface area contributed by atoms with E-state index in [4.69, 9.17) is 5.73 Å². The summed E-state index contributed by atoms with van der Waals surface area (Å²) >= 11 is 0. The van der Waals surface area contributed by atoms with E-state index < -0.39 is 0 Å². The van der Waals surface area contributed by atoms with Gasteiger partial charge in [0.25, 0.3) is 0 Å². The van der Waals surface area contributed by atoms with Gasteiger partial charge >= 0.3 is 0 Å². The average Bonchev–Trinajstić information content (AvgIpc) is 2.46. The van der Waals surface area contributed by atoms with Gasteiger partial charge < -0.3 is 5.73 Å². The molecule has 0 radical (unpaired) electrons. The van der Waals surface area contributed by atoms with Gasteiger partial charge in [0, 0.05) is 12.8 Å². The Bertz CT molecular complexity index is 355. The second-order valence-electron chi connectivity index (χ2n) is 5.65. The Morgan fingerprint density at radius 3 is 2.50 bits per heavy atom. The first kappa shape index (κ1) is 16.9. The van der Waals surface area contributed by atoms with Crippen LogP contribution in [0, 0.1) is 5.92 Å². The van der Waals surface area contributed by atoms with E-state index in [1.54, 1.807) is 0 Å². The Labute approximate surface area is 123 Å². The number of carbonyl (C=O) groups is 1. The number of benzene rings is 1. The molecule has 112 valence electrons. The van der Waals surface area contributed by atoms with Crippen LogP contribution in [-0.4, -0.2) is 12.3 Å². The molecule has 0 heterocycles. The molecule has 0 aliphatic carbocycles. The number of nitrogens with two attached hydrogens (primary N) is 1. The molecule has 1 unspecified atom stereocenters. The molecule has 0 aliphatic rings. The first-order valence-corrected chi connectivity index (χ1v) is 8.02. The molecule has 0 fully saturated rings. The van der Waals surface area contributed by atoms with Gasteiger partial charge in [-0.2, -0.15) is 0 Å². The third kappa shape index (κ3) is 7.44. The first-order chi connectivity index (χ1) is 9.76. The zero-order chi connectivity index (χ0) is 14.6. The predicted molar refractivity (Wildman–Crippen MR) is 85.7 cm³/mol. The molecule has 0 saturated heterocycles. The molecule has 0 bridgehead atoms. The highest BCUT2D eigenvalue weighted by molar-refractivity contribution is 5.78. The van der Waals surface area contributed by atoms with E-state index in [1.807, 2.05) is 6.07 Å². The molecule has 0 aromatic heterocycles. The topological polar surface area (TPSA) is 43.1 Å². The van der Waals surface area contributed by atoms with Crippen LogP contribution in [0.1, 0.15) is 57.4 Å². The van der Waals surface area contributed by atoms with Gasteiger partial charge in [0.15, 0.2) is 0 Å². The smallest absolute Gasteiger partial charge is 0.132 e. The zero-order valence-corrected chi connectivity index (χ0v) is 12.8. The van der Waals surface area contributed by atoms with Gasteiger partial charge in [-0.3, -0.25) is 4.79 Å². The maximum Gasteiger partial charge on any atom is 0.132 e. The van der Waals surface area contributed by atoms with Crippen LogP contribution in [-0.2, 0) is 11.2 Å². The summed E-state index contributed by atoms with van der Waals surface area (Å²) < 4.78 is 0. The summed E-state index contributed by atoms with van der Waals surface area (Å²) in [4.78, 5) is 11.9. The van der Waals surface area contributed by atoms with Crippen LogP contribution >= 0.6 is 0 Å². The average molecular weight is 275 g/mol. The summed E-state index contributed by atoms with van der Waals surface area (Å²) in [5.41, 5.74) is 6.95. The van der Waals surface area contributed by atoms with Crippen LogP contribution in [0.15, 0.2) is 30.3 Å². The van der Waals surface area contributed by atoms with Crippen LogP contribution < -0.4 is 5.73 Å². The number of ketones is 1. The maximum atomic E-state index is 11.9. The van der Waals surface area contributed by atoms with Crippen LogP contribution in [0.2, 0.25) is 0 Å². The number of rotatable bonds is 11. The molecule has 2 N–H and O–H groups in total. The highest BCUT2D eigenvalue weighted by Crippen LogP contribution is 2.18. The van der Waals surface area contributed by atoms with Crippen LogP contribution in [0.25, 0.3) is 0 Å². The van der Waals surface area contributed by atoms with Gasteiger partial charge in [0.2, 0.25) is 0 Å². The minimum absolute atomic E-state index is 0.416. The molecule has 0 amide bonds. The molecule has 1 aromatic carbocycles. The molecule has 2 nitrogen and oxygen atoms in total. The summed E-state index contributed by atoms with van der Waals surface area (Å²) in [6.07, 6.45) is 7.91. The van der Waals surface area contributed by atoms with Gasteiger partial charge in [0.1, 0.15) is 5.78 Å². The molecule has 20 heavy (non-hydrogen) atoms. The van der Waals surface area contributed by atoms with E-state index in [-0.39, 0.29) is 0 Å². The van der Waals surface area contributed by atoms with Crippen LogP contribution in [0.4, 0.5) is 0 Å². The van der Waals surface area contributed by atoms with Gasteiger partial charge in [-0.25, -0.2) is 0 Å². The van der Waals surface area contributed by atoms with E-state index in [0.717, 1.165) is 45.1 Å². The fourth-order valence-corrected chi connectivity index (χ4v) is 2.70. The molecular weight excluding hydrogens is 246 g/mol. The first-order valence-electron chi connectivity index (χ1n) is 8.02. The van der Waals surface area contributed by atoms with Gasteiger partial charge in [-0.15, -0.1) is 0 Å². The van der Waals surface area contributed by atoms with Crippen molar-refractivity contribution in [1.29, 1.82) is 0 Å². The SMILES string of the molecule is CCCC(CCN)CCC(=O)CCCc1ccccc1. The van der Waals surface area contributed by atoms with Crippen molar-refractivity contribution in [3.05, 3.63) is 35.9 Å². The molecular formula is C18H29NO. The molecule has 0 aliphatic heterocycles. The van der Waals surface area contributed by atoms with Crippen molar-refractivity contribution >= 4 is 5.78 Å².